The van der Waals surface area contributed by atoms with Crippen LogP contribution in [0.3, 0.4) is 0 Å². The van der Waals surface area contributed by atoms with Crippen LogP contribution in [0.1, 0.15) is 43.0 Å². The maximum absolute atomic E-state index is 12.4. The fourth-order valence-corrected chi connectivity index (χ4v) is 2.95. The van der Waals surface area contributed by atoms with Gasteiger partial charge in [-0.05, 0) is 37.8 Å². The van der Waals surface area contributed by atoms with Crippen molar-refractivity contribution >= 4 is 17.8 Å². The first kappa shape index (κ1) is 18.8. The van der Waals surface area contributed by atoms with E-state index < -0.39 is 11.9 Å². The van der Waals surface area contributed by atoms with Gasteiger partial charge in [-0.2, -0.15) is 0 Å². The Hall–Kier alpha value is -2.57. The van der Waals surface area contributed by atoms with Gasteiger partial charge in [0.2, 0.25) is 0 Å². The summed E-state index contributed by atoms with van der Waals surface area (Å²) in [5, 5.41) is 0. The van der Waals surface area contributed by atoms with Crippen LogP contribution in [0, 0.1) is 0 Å². The molecule has 2 N–H and O–H groups in total. The number of esters is 1. The average Bonchev–Trinajstić information content (AvgIpc) is 2.64. The smallest absolute Gasteiger partial charge is 0.342 e. The SMILES string of the molecule is CCC1CCCCN1C(=O)COC(=O)c1ccccc1OCC(N)=O. The number of hydrogen-bond acceptors (Lipinski definition) is 5. The van der Waals surface area contributed by atoms with Crippen LogP contribution in [-0.2, 0) is 14.3 Å². The second-order valence-corrected chi connectivity index (χ2v) is 5.97. The number of nitrogens with zero attached hydrogens (tertiary/aromatic N) is 1. The zero-order chi connectivity index (χ0) is 18.2. The number of piperidine rings is 1. The van der Waals surface area contributed by atoms with Gasteiger partial charge in [-0.3, -0.25) is 9.59 Å². The normalized spacial score (nSPS) is 17.0. The average molecular weight is 348 g/mol. The van der Waals surface area contributed by atoms with Crippen molar-refractivity contribution in [3.8, 4) is 5.75 Å². The van der Waals surface area contributed by atoms with Crippen LogP contribution in [0.25, 0.3) is 0 Å². The molecule has 1 atom stereocenters. The molecule has 1 unspecified atom stereocenters. The molecule has 1 aromatic rings. The number of primary amides is 1. The Morgan fingerprint density at radius 1 is 1.20 bits per heavy atom. The van der Waals surface area contributed by atoms with Crippen molar-refractivity contribution in [1.82, 2.24) is 4.90 Å². The van der Waals surface area contributed by atoms with E-state index in [0.717, 1.165) is 25.7 Å². The Morgan fingerprint density at radius 2 is 1.96 bits per heavy atom. The molecule has 1 aliphatic heterocycles. The van der Waals surface area contributed by atoms with Crippen LogP contribution >= 0.6 is 0 Å². The molecule has 0 spiro atoms. The van der Waals surface area contributed by atoms with Crippen LogP contribution in [0.15, 0.2) is 24.3 Å². The molecule has 1 fully saturated rings. The van der Waals surface area contributed by atoms with Crippen molar-refractivity contribution in [2.75, 3.05) is 19.8 Å². The van der Waals surface area contributed by atoms with Crippen LogP contribution < -0.4 is 10.5 Å². The maximum atomic E-state index is 12.4. The molecule has 0 radical (unpaired) electrons. The fraction of sp³-hybridized carbons (Fsp3) is 0.500. The second kappa shape index (κ2) is 9.05. The summed E-state index contributed by atoms with van der Waals surface area (Å²) < 4.78 is 10.4. The molecular weight excluding hydrogens is 324 g/mol. The van der Waals surface area contributed by atoms with Crippen LogP contribution in [0.5, 0.6) is 5.75 Å². The highest BCUT2D eigenvalue weighted by molar-refractivity contribution is 5.94. The highest BCUT2D eigenvalue weighted by Crippen LogP contribution is 2.21. The molecule has 0 bridgehead atoms. The number of carbonyl (C=O) groups excluding carboxylic acids is 3. The predicted octanol–water partition coefficient (Wildman–Crippen LogP) is 1.50. The number of rotatable bonds is 7. The monoisotopic (exact) mass is 348 g/mol. The lowest BCUT2D eigenvalue weighted by molar-refractivity contribution is -0.138. The number of hydrogen-bond donors (Lipinski definition) is 1. The zero-order valence-corrected chi connectivity index (χ0v) is 14.4. The van der Waals surface area contributed by atoms with Crippen LogP contribution in [-0.4, -0.2) is 48.5 Å². The van der Waals surface area contributed by atoms with Gasteiger partial charge in [0.05, 0.1) is 0 Å². The van der Waals surface area contributed by atoms with Crippen LogP contribution in [0.4, 0.5) is 0 Å². The van der Waals surface area contributed by atoms with Gasteiger partial charge in [-0.25, -0.2) is 4.79 Å². The standard InChI is InChI=1S/C18H24N2O5/c1-2-13-7-5-6-10-20(13)17(22)12-25-18(23)14-8-3-4-9-15(14)24-11-16(19)21/h3-4,8-9,13H,2,5-7,10-12H2,1H3,(H2,19,21). The van der Waals surface area contributed by atoms with E-state index in [9.17, 15) is 14.4 Å². The second-order valence-electron chi connectivity index (χ2n) is 5.97. The van der Waals surface area contributed by atoms with Gasteiger partial charge in [-0.15, -0.1) is 0 Å². The molecule has 1 aliphatic rings. The first-order valence-electron chi connectivity index (χ1n) is 8.49. The minimum atomic E-state index is -0.668. The molecule has 1 saturated heterocycles. The van der Waals surface area contributed by atoms with Gasteiger partial charge in [0.1, 0.15) is 11.3 Å². The quantitative estimate of drug-likeness (QED) is 0.753. The number of ether oxygens (including phenoxy) is 2. The number of nitrogens with two attached hydrogens (primary N) is 1. The fourth-order valence-electron chi connectivity index (χ4n) is 2.95. The molecule has 1 heterocycles. The molecule has 25 heavy (non-hydrogen) atoms. The highest BCUT2D eigenvalue weighted by atomic mass is 16.5. The van der Waals surface area contributed by atoms with Crippen molar-refractivity contribution in [1.29, 1.82) is 0 Å². The van der Waals surface area contributed by atoms with Crippen molar-refractivity contribution in [3.63, 3.8) is 0 Å². The predicted molar refractivity (Wildman–Crippen MR) is 91.1 cm³/mol. The van der Waals surface area contributed by atoms with Crippen molar-refractivity contribution < 1.29 is 23.9 Å². The molecular formula is C18H24N2O5. The molecule has 2 rings (SSSR count). The zero-order valence-electron chi connectivity index (χ0n) is 14.4. The van der Waals surface area contributed by atoms with Gasteiger partial charge >= 0.3 is 5.97 Å². The first-order chi connectivity index (χ1) is 12.0. The Kier molecular flexibility index (Phi) is 6.80. The minimum Gasteiger partial charge on any atom is -0.483 e. The third-order valence-corrected chi connectivity index (χ3v) is 4.22. The number of benzene rings is 1. The van der Waals surface area contributed by atoms with E-state index in [0.29, 0.717) is 6.54 Å². The third kappa shape index (κ3) is 5.20. The lowest BCUT2D eigenvalue weighted by Gasteiger charge is -2.35. The van der Waals surface area contributed by atoms with E-state index in [1.165, 1.54) is 6.07 Å². The third-order valence-electron chi connectivity index (χ3n) is 4.22. The largest absolute Gasteiger partial charge is 0.483 e. The summed E-state index contributed by atoms with van der Waals surface area (Å²) >= 11 is 0. The summed E-state index contributed by atoms with van der Waals surface area (Å²) in [4.78, 5) is 37.3. The number of amides is 2. The summed E-state index contributed by atoms with van der Waals surface area (Å²) in [6.45, 7) is 2.11. The molecule has 7 nitrogen and oxygen atoms in total. The van der Waals surface area contributed by atoms with Crippen molar-refractivity contribution in [2.24, 2.45) is 5.73 Å². The Bertz CT molecular complexity index is 632. The van der Waals surface area contributed by atoms with Crippen molar-refractivity contribution in [3.05, 3.63) is 29.8 Å². The molecule has 0 aliphatic carbocycles. The molecule has 0 aromatic heterocycles. The van der Waals surface area contributed by atoms with E-state index in [2.05, 4.69) is 6.92 Å². The minimum absolute atomic E-state index is 0.155. The van der Waals surface area contributed by atoms with E-state index in [1.54, 1.807) is 23.1 Å². The van der Waals surface area contributed by atoms with Gasteiger partial charge in [0.25, 0.3) is 11.8 Å². The van der Waals surface area contributed by atoms with E-state index in [4.69, 9.17) is 15.2 Å². The lowest BCUT2D eigenvalue weighted by Crippen LogP contribution is -2.45. The summed E-state index contributed by atoms with van der Waals surface area (Å²) in [6.07, 6.45) is 3.97. The summed E-state index contributed by atoms with van der Waals surface area (Å²) in [5.74, 6) is -1.30. The van der Waals surface area contributed by atoms with Crippen LogP contribution in [0.2, 0.25) is 0 Å². The molecule has 0 saturated carbocycles. The van der Waals surface area contributed by atoms with Gasteiger partial charge in [0, 0.05) is 12.6 Å². The van der Waals surface area contributed by atoms with Gasteiger partial charge in [-0.1, -0.05) is 19.1 Å². The van der Waals surface area contributed by atoms with Gasteiger partial charge in [0.15, 0.2) is 13.2 Å². The molecule has 136 valence electrons. The maximum Gasteiger partial charge on any atom is 0.342 e. The van der Waals surface area contributed by atoms with Crippen molar-refractivity contribution in [2.45, 2.75) is 38.6 Å². The molecule has 2 amide bonds. The summed E-state index contributed by atoms with van der Waals surface area (Å²) in [7, 11) is 0. The number of likely N-dealkylation sites (tertiary alicyclic amines) is 1. The Morgan fingerprint density at radius 3 is 2.68 bits per heavy atom. The van der Waals surface area contributed by atoms with E-state index >= 15 is 0 Å². The van der Waals surface area contributed by atoms with Gasteiger partial charge < -0.3 is 20.1 Å². The lowest BCUT2D eigenvalue weighted by atomic mass is 10.00. The Balaban J connectivity index is 1.95. The van der Waals surface area contributed by atoms with E-state index in [-0.39, 0.29) is 36.5 Å². The Labute approximate surface area is 147 Å². The number of para-hydroxylation sites is 1. The molecule has 7 heteroatoms. The first-order valence-corrected chi connectivity index (χ1v) is 8.49. The van der Waals surface area contributed by atoms with E-state index in [1.807, 2.05) is 0 Å². The molecule has 1 aromatic carbocycles. The summed E-state index contributed by atoms with van der Waals surface area (Å²) in [5.41, 5.74) is 5.20. The number of carbonyl (C=O) groups is 3. The summed E-state index contributed by atoms with van der Waals surface area (Å²) in [6, 6.07) is 6.58. The highest BCUT2D eigenvalue weighted by Gasteiger charge is 2.26. The topological polar surface area (TPSA) is 98.9 Å².